The van der Waals surface area contributed by atoms with Crippen molar-refractivity contribution in [2.45, 2.75) is 25.8 Å². The van der Waals surface area contributed by atoms with Crippen LogP contribution in [0.2, 0.25) is 0 Å². The third-order valence-electron chi connectivity index (χ3n) is 2.93. The van der Waals surface area contributed by atoms with E-state index in [2.05, 4.69) is 15.8 Å². The van der Waals surface area contributed by atoms with E-state index in [4.69, 9.17) is 4.74 Å². The molecular formula is C14H17N3O3. The van der Waals surface area contributed by atoms with Gasteiger partial charge in [-0.05, 0) is 31.9 Å². The number of ether oxygens (including phenoxy) is 1. The fraction of sp³-hybridized carbons (Fsp3) is 0.357. The van der Waals surface area contributed by atoms with Crippen molar-refractivity contribution in [2.24, 2.45) is 5.10 Å². The molecule has 0 atom stereocenters. The van der Waals surface area contributed by atoms with Gasteiger partial charge in [0.05, 0.1) is 12.8 Å². The predicted molar refractivity (Wildman–Crippen MR) is 74.5 cm³/mol. The quantitative estimate of drug-likeness (QED) is 0.485. The van der Waals surface area contributed by atoms with Crippen molar-refractivity contribution < 1.29 is 14.3 Å². The van der Waals surface area contributed by atoms with E-state index in [1.807, 2.05) is 18.2 Å². The Labute approximate surface area is 117 Å². The first-order valence-corrected chi connectivity index (χ1v) is 6.39. The summed E-state index contributed by atoms with van der Waals surface area (Å²) in [5.74, 6) is -0.691. The highest BCUT2D eigenvalue weighted by molar-refractivity contribution is 6.35. The molecule has 2 rings (SSSR count). The smallest absolute Gasteiger partial charge is 0.329 e. The van der Waals surface area contributed by atoms with Gasteiger partial charge in [0.15, 0.2) is 0 Å². The SMILES string of the molecule is COc1cccc(/C(C)=N\NC(=O)C(=O)NC2CC2)c1. The largest absolute Gasteiger partial charge is 0.497 e. The summed E-state index contributed by atoms with van der Waals surface area (Å²) < 4.78 is 5.11. The molecule has 0 bridgehead atoms. The number of carbonyl (C=O) groups is 2. The van der Waals surface area contributed by atoms with Crippen LogP contribution in [0.1, 0.15) is 25.3 Å². The molecule has 6 nitrogen and oxygen atoms in total. The average Bonchev–Trinajstić information content (AvgIpc) is 3.28. The summed E-state index contributed by atoms with van der Waals surface area (Å²) in [4.78, 5) is 22.9. The molecule has 1 aromatic rings. The summed E-state index contributed by atoms with van der Waals surface area (Å²) >= 11 is 0. The van der Waals surface area contributed by atoms with E-state index in [1.54, 1.807) is 20.1 Å². The minimum absolute atomic E-state index is 0.150. The highest BCUT2D eigenvalue weighted by Gasteiger charge is 2.26. The molecule has 0 aromatic heterocycles. The number of nitrogens with one attached hydrogen (secondary N) is 2. The molecule has 0 heterocycles. The number of amides is 2. The van der Waals surface area contributed by atoms with Crippen LogP contribution in [0.25, 0.3) is 0 Å². The summed E-state index contributed by atoms with van der Waals surface area (Å²) in [5.41, 5.74) is 3.65. The molecule has 6 heteroatoms. The van der Waals surface area contributed by atoms with Crippen LogP contribution in [0.3, 0.4) is 0 Å². The lowest BCUT2D eigenvalue weighted by Crippen LogP contribution is -2.39. The van der Waals surface area contributed by atoms with E-state index in [0.717, 1.165) is 18.4 Å². The Kier molecular flexibility index (Phi) is 4.34. The monoisotopic (exact) mass is 275 g/mol. The zero-order chi connectivity index (χ0) is 14.5. The van der Waals surface area contributed by atoms with E-state index in [0.29, 0.717) is 11.5 Å². The van der Waals surface area contributed by atoms with Crippen molar-refractivity contribution in [2.75, 3.05) is 7.11 Å². The van der Waals surface area contributed by atoms with E-state index in [1.165, 1.54) is 0 Å². The van der Waals surface area contributed by atoms with E-state index in [-0.39, 0.29) is 6.04 Å². The Bertz CT molecular complexity index is 550. The van der Waals surface area contributed by atoms with Gasteiger partial charge in [0.2, 0.25) is 0 Å². The molecule has 1 saturated carbocycles. The lowest BCUT2D eigenvalue weighted by molar-refractivity contribution is -0.139. The summed E-state index contributed by atoms with van der Waals surface area (Å²) in [6.07, 6.45) is 1.87. The van der Waals surface area contributed by atoms with Gasteiger partial charge < -0.3 is 10.1 Å². The van der Waals surface area contributed by atoms with Crippen LogP contribution < -0.4 is 15.5 Å². The van der Waals surface area contributed by atoms with Crippen molar-refractivity contribution in [3.63, 3.8) is 0 Å². The van der Waals surface area contributed by atoms with Crippen LogP contribution in [-0.2, 0) is 9.59 Å². The van der Waals surface area contributed by atoms with Crippen LogP contribution >= 0.6 is 0 Å². The van der Waals surface area contributed by atoms with Gasteiger partial charge in [-0.2, -0.15) is 5.10 Å². The zero-order valence-electron chi connectivity index (χ0n) is 11.5. The van der Waals surface area contributed by atoms with Gasteiger partial charge in [0.1, 0.15) is 5.75 Å². The third-order valence-corrected chi connectivity index (χ3v) is 2.93. The first-order valence-electron chi connectivity index (χ1n) is 6.39. The fourth-order valence-electron chi connectivity index (χ4n) is 1.58. The minimum Gasteiger partial charge on any atom is -0.497 e. The number of benzene rings is 1. The van der Waals surface area contributed by atoms with Crippen molar-refractivity contribution >= 4 is 17.5 Å². The highest BCUT2D eigenvalue weighted by Crippen LogP contribution is 2.18. The fourth-order valence-corrected chi connectivity index (χ4v) is 1.58. The van der Waals surface area contributed by atoms with E-state index in [9.17, 15) is 9.59 Å². The first kappa shape index (κ1) is 14.0. The average molecular weight is 275 g/mol. The Morgan fingerprint density at radius 1 is 1.30 bits per heavy atom. The second-order valence-electron chi connectivity index (χ2n) is 4.62. The van der Waals surface area contributed by atoms with Crippen molar-refractivity contribution in [3.05, 3.63) is 29.8 Å². The summed E-state index contributed by atoms with van der Waals surface area (Å²) in [6, 6.07) is 7.44. The predicted octanol–water partition coefficient (Wildman–Crippen LogP) is 0.814. The van der Waals surface area contributed by atoms with Crippen LogP contribution in [0.15, 0.2) is 29.4 Å². The van der Waals surface area contributed by atoms with Gasteiger partial charge in [-0.25, -0.2) is 5.43 Å². The molecular weight excluding hydrogens is 258 g/mol. The molecule has 0 spiro atoms. The molecule has 1 fully saturated rings. The van der Waals surface area contributed by atoms with Gasteiger partial charge in [0.25, 0.3) is 0 Å². The Balaban J connectivity index is 1.95. The van der Waals surface area contributed by atoms with Crippen LogP contribution in [-0.4, -0.2) is 30.7 Å². The van der Waals surface area contributed by atoms with Crippen LogP contribution in [0.4, 0.5) is 0 Å². The third kappa shape index (κ3) is 3.81. The molecule has 1 aliphatic carbocycles. The summed E-state index contributed by atoms with van der Waals surface area (Å²) in [5, 5.41) is 6.51. The van der Waals surface area contributed by atoms with E-state index < -0.39 is 11.8 Å². The number of rotatable bonds is 4. The minimum atomic E-state index is -0.751. The van der Waals surface area contributed by atoms with Crippen LogP contribution in [0.5, 0.6) is 5.75 Å². The Morgan fingerprint density at radius 3 is 2.70 bits per heavy atom. The number of methoxy groups -OCH3 is 1. The lowest BCUT2D eigenvalue weighted by atomic mass is 10.1. The second kappa shape index (κ2) is 6.18. The van der Waals surface area contributed by atoms with Gasteiger partial charge in [0, 0.05) is 11.6 Å². The molecule has 1 aliphatic rings. The molecule has 0 aliphatic heterocycles. The lowest BCUT2D eigenvalue weighted by Gasteiger charge is -2.05. The van der Waals surface area contributed by atoms with Gasteiger partial charge >= 0.3 is 11.8 Å². The number of hydrazone groups is 1. The number of hydrogen-bond acceptors (Lipinski definition) is 4. The number of carbonyl (C=O) groups excluding carboxylic acids is 2. The zero-order valence-corrected chi connectivity index (χ0v) is 11.5. The van der Waals surface area contributed by atoms with Gasteiger partial charge in [-0.15, -0.1) is 0 Å². The molecule has 2 amide bonds. The molecule has 1 aromatic carbocycles. The van der Waals surface area contributed by atoms with Crippen molar-refractivity contribution in [1.29, 1.82) is 0 Å². The highest BCUT2D eigenvalue weighted by atomic mass is 16.5. The number of hydrogen-bond donors (Lipinski definition) is 2. The Morgan fingerprint density at radius 2 is 2.05 bits per heavy atom. The number of nitrogens with zero attached hydrogens (tertiary/aromatic N) is 1. The van der Waals surface area contributed by atoms with Gasteiger partial charge in [-0.3, -0.25) is 9.59 Å². The maximum atomic E-state index is 11.5. The maximum absolute atomic E-state index is 11.5. The molecule has 2 N–H and O–H groups in total. The molecule has 20 heavy (non-hydrogen) atoms. The molecule has 0 radical (unpaired) electrons. The maximum Gasteiger partial charge on any atom is 0.329 e. The van der Waals surface area contributed by atoms with Crippen LogP contribution in [0, 0.1) is 0 Å². The Hall–Kier alpha value is -2.37. The normalized spacial score (nSPS) is 14.6. The van der Waals surface area contributed by atoms with Gasteiger partial charge in [-0.1, -0.05) is 12.1 Å². The van der Waals surface area contributed by atoms with Crippen molar-refractivity contribution in [3.8, 4) is 5.75 Å². The summed E-state index contributed by atoms with van der Waals surface area (Å²) in [6.45, 7) is 1.74. The second-order valence-corrected chi connectivity index (χ2v) is 4.62. The summed E-state index contributed by atoms with van der Waals surface area (Å²) in [7, 11) is 1.58. The molecule has 106 valence electrons. The molecule has 0 unspecified atom stereocenters. The van der Waals surface area contributed by atoms with Crippen molar-refractivity contribution in [1.82, 2.24) is 10.7 Å². The first-order chi connectivity index (χ1) is 9.60. The van der Waals surface area contributed by atoms with E-state index >= 15 is 0 Å². The topological polar surface area (TPSA) is 79.8 Å². The standard InChI is InChI=1S/C14H17N3O3/c1-9(10-4-3-5-12(8-10)20-2)16-17-14(19)13(18)15-11-6-7-11/h3-5,8,11H,6-7H2,1-2H3,(H,15,18)(H,17,19)/b16-9-. The molecule has 0 saturated heterocycles.